The Morgan fingerprint density at radius 2 is 2.00 bits per heavy atom. The van der Waals surface area contributed by atoms with Crippen molar-refractivity contribution in [2.75, 3.05) is 19.6 Å². The van der Waals surface area contributed by atoms with E-state index in [0.717, 1.165) is 26.1 Å². The molecule has 1 saturated heterocycles. The first kappa shape index (κ1) is 9.57. The molecule has 0 radical (unpaired) electrons. The van der Waals surface area contributed by atoms with Gasteiger partial charge in [0.15, 0.2) is 0 Å². The van der Waals surface area contributed by atoms with E-state index in [2.05, 4.69) is 24.7 Å². The van der Waals surface area contributed by atoms with Gasteiger partial charge in [0.1, 0.15) is 0 Å². The molecule has 0 N–H and O–H groups in total. The summed E-state index contributed by atoms with van der Waals surface area (Å²) >= 11 is 0. The maximum atomic E-state index is 5.60. The highest BCUT2D eigenvalue weighted by Gasteiger charge is 2.20. The van der Waals surface area contributed by atoms with Crippen molar-refractivity contribution in [3.63, 3.8) is 0 Å². The molecule has 2 nitrogen and oxygen atoms in total. The second-order valence-corrected chi connectivity index (χ2v) is 3.47. The number of hydrogen-bond donors (Lipinski definition) is 0. The summed E-state index contributed by atoms with van der Waals surface area (Å²) in [6, 6.07) is 0. The SMILES string of the molecule is C#CCCN1C[C@@H](C)O[C@@H](C)C1. The van der Waals surface area contributed by atoms with E-state index in [4.69, 9.17) is 11.2 Å². The number of morpholine rings is 1. The van der Waals surface area contributed by atoms with Crippen LogP contribution in [0.4, 0.5) is 0 Å². The summed E-state index contributed by atoms with van der Waals surface area (Å²) in [5.41, 5.74) is 0. The minimum atomic E-state index is 0.353. The Balaban J connectivity index is 2.30. The predicted molar refractivity (Wildman–Crippen MR) is 49.9 cm³/mol. The van der Waals surface area contributed by atoms with Crippen LogP contribution in [0.1, 0.15) is 20.3 Å². The van der Waals surface area contributed by atoms with Crippen molar-refractivity contribution in [1.29, 1.82) is 0 Å². The third-order valence-corrected chi connectivity index (χ3v) is 2.07. The van der Waals surface area contributed by atoms with E-state index in [9.17, 15) is 0 Å². The molecule has 1 heterocycles. The molecule has 0 saturated carbocycles. The lowest BCUT2D eigenvalue weighted by Crippen LogP contribution is -2.45. The van der Waals surface area contributed by atoms with Crippen LogP contribution in [-0.2, 0) is 4.74 Å². The average molecular weight is 167 g/mol. The predicted octanol–water partition coefficient (Wildman–Crippen LogP) is 1.12. The van der Waals surface area contributed by atoms with Crippen molar-refractivity contribution in [3.8, 4) is 12.3 Å². The van der Waals surface area contributed by atoms with E-state index in [1.807, 2.05) is 0 Å². The van der Waals surface area contributed by atoms with Crippen LogP contribution in [0.5, 0.6) is 0 Å². The first-order valence-corrected chi connectivity index (χ1v) is 4.53. The number of rotatable bonds is 2. The molecule has 0 amide bonds. The summed E-state index contributed by atoms with van der Waals surface area (Å²) in [4.78, 5) is 2.37. The van der Waals surface area contributed by atoms with Gasteiger partial charge in [-0.1, -0.05) is 0 Å². The molecule has 2 atom stereocenters. The molecule has 1 aliphatic heterocycles. The van der Waals surface area contributed by atoms with Gasteiger partial charge in [-0.25, -0.2) is 0 Å². The Morgan fingerprint density at radius 1 is 1.42 bits per heavy atom. The minimum absolute atomic E-state index is 0.353. The lowest BCUT2D eigenvalue weighted by atomic mass is 10.2. The number of hydrogen-bond acceptors (Lipinski definition) is 2. The highest BCUT2D eigenvalue weighted by atomic mass is 16.5. The van der Waals surface area contributed by atoms with E-state index in [1.165, 1.54) is 0 Å². The Labute approximate surface area is 74.9 Å². The van der Waals surface area contributed by atoms with Gasteiger partial charge in [-0.15, -0.1) is 12.3 Å². The Bertz CT molecular complexity index is 163. The van der Waals surface area contributed by atoms with Crippen LogP contribution in [0.25, 0.3) is 0 Å². The lowest BCUT2D eigenvalue weighted by molar-refractivity contribution is -0.0672. The lowest BCUT2D eigenvalue weighted by Gasteiger charge is -2.34. The largest absolute Gasteiger partial charge is 0.373 e. The van der Waals surface area contributed by atoms with Gasteiger partial charge in [0.05, 0.1) is 12.2 Å². The molecule has 2 heteroatoms. The second kappa shape index (κ2) is 4.49. The maximum absolute atomic E-state index is 5.60. The Morgan fingerprint density at radius 3 is 2.50 bits per heavy atom. The fourth-order valence-electron chi connectivity index (χ4n) is 1.69. The van der Waals surface area contributed by atoms with E-state index < -0.39 is 0 Å². The number of terminal acetylenes is 1. The molecule has 12 heavy (non-hydrogen) atoms. The smallest absolute Gasteiger partial charge is 0.0678 e. The highest BCUT2D eigenvalue weighted by molar-refractivity contribution is 4.86. The molecule has 0 aromatic heterocycles. The third kappa shape index (κ3) is 2.84. The van der Waals surface area contributed by atoms with Gasteiger partial charge in [0.25, 0.3) is 0 Å². The summed E-state index contributed by atoms with van der Waals surface area (Å²) in [6.45, 7) is 7.27. The van der Waals surface area contributed by atoms with Crippen molar-refractivity contribution in [2.24, 2.45) is 0 Å². The molecule has 0 spiro atoms. The third-order valence-electron chi connectivity index (χ3n) is 2.07. The fourth-order valence-corrected chi connectivity index (χ4v) is 1.69. The quantitative estimate of drug-likeness (QED) is 0.571. The summed E-state index contributed by atoms with van der Waals surface area (Å²) < 4.78 is 5.60. The zero-order valence-electron chi connectivity index (χ0n) is 7.92. The maximum Gasteiger partial charge on any atom is 0.0678 e. The molecule has 1 fully saturated rings. The monoisotopic (exact) mass is 167 g/mol. The first-order chi connectivity index (χ1) is 5.72. The number of ether oxygens (including phenoxy) is 1. The Kier molecular flexibility index (Phi) is 3.58. The van der Waals surface area contributed by atoms with E-state index in [-0.39, 0.29) is 0 Å². The van der Waals surface area contributed by atoms with E-state index in [0.29, 0.717) is 12.2 Å². The van der Waals surface area contributed by atoms with E-state index in [1.54, 1.807) is 0 Å². The van der Waals surface area contributed by atoms with Crippen LogP contribution in [0, 0.1) is 12.3 Å². The summed E-state index contributed by atoms with van der Waals surface area (Å²) in [6.07, 6.45) is 6.76. The molecule has 0 unspecified atom stereocenters. The van der Waals surface area contributed by atoms with Crippen LogP contribution in [0.2, 0.25) is 0 Å². The summed E-state index contributed by atoms with van der Waals surface area (Å²) in [7, 11) is 0. The molecule has 1 rings (SSSR count). The van der Waals surface area contributed by atoms with Crippen LogP contribution < -0.4 is 0 Å². The topological polar surface area (TPSA) is 12.5 Å². The van der Waals surface area contributed by atoms with Crippen molar-refractivity contribution >= 4 is 0 Å². The minimum Gasteiger partial charge on any atom is -0.373 e. The molecular weight excluding hydrogens is 150 g/mol. The van der Waals surface area contributed by atoms with Crippen molar-refractivity contribution < 1.29 is 4.74 Å². The normalized spacial score (nSPS) is 31.4. The van der Waals surface area contributed by atoms with Gasteiger partial charge >= 0.3 is 0 Å². The van der Waals surface area contributed by atoms with Crippen molar-refractivity contribution in [1.82, 2.24) is 4.90 Å². The van der Waals surface area contributed by atoms with Crippen LogP contribution in [0.15, 0.2) is 0 Å². The molecule has 1 aliphatic rings. The Hall–Kier alpha value is -0.520. The van der Waals surface area contributed by atoms with Gasteiger partial charge in [0.2, 0.25) is 0 Å². The highest BCUT2D eigenvalue weighted by Crippen LogP contribution is 2.10. The molecular formula is C10H17NO. The van der Waals surface area contributed by atoms with Gasteiger partial charge in [-0.2, -0.15) is 0 Å². The molecule has 0 aromatic rings. The second-order valence-electron chi connectivity index (χ2n) is 3.47. The van der Waals surface area contributed by atoms with Gasteiger partial charge in [0, 0.05) is 26.1 Å². The van der Waals surface area contributed by atoms with Crippen molar-refractivity contribution in [3.05, 3.63) is 0 Å². The van der Waals surface area contributed by atoms with E-state index >= 15 is 0 Å². The van der Waals surface area contributed by atoms with Gasteiger partial charge in [-0.3, -0.25) is 4.90 Å². The van der Waals surface area contributed by atoms with Crippen LogP contribution in [0.3, 0.4) is 0 Å². The van der Waals surface area contributed by atoms with Gasteiger partial charge in [-0.05, 0) is 13.8 Å². The summed E-state index contributed by atoms with van der Waals surface area (Å²) in [5.74, 6) is 2.66. The van der Waals surface area contributed by atoms with Crippen LogP contribution >= 0.6 is 0 Å². The summed E-state index contributed by atoms with van der Waals surface area (Å²) in [5, 5.41) is 0. The molecule has 68 valence electrons. The standard InChI is InChI=1S/C10H17NO/c1-4-5-6-11-7-9(2)12-10(3)8-11/h1,9-10H,5-8H2,2-3H3/t9-,10+. The fraction of sp³-hybridized carbons (Fsp3) is 0.800. The molecule has 0 aromatic carbocycles. The van der Waals surface area contributed by atoms with Crippen molar-refractivity contribution in [2.45, 2.75) is 32.5 Å². The van der Waals surface area contributed by atoms with Gasteiger partial charge < -0.3 is 4.74 Å². The average Bonchev–Trinajstić information content (AvgIpc) is 1.99. The van der Waals surface area contributed by atoms with Crippen LogP contribution in [-0.4, -0.2) is 36.7 Å². The zero-order valence-corrected chi connectivity index (χ0v) is 7.92. The number of nitrogens with zero attached hydrogens (tertiary/aromatic N) is 1. The molecule has 0 bridgehead atoms. The first-order valence-electron chi connectivity index (χ1n) is 4.53. The molecule has 0 aliphatic carbocycles. The zero-order chi connectivity index (χ0) is 8.97.